The molecule has 0 aliphatic heterocycles. The summed E-state index contributed by atoms with van der Waals surface area (Å²) in [6.07, 6.45) is 6.65. The minimum absolute atomic E-state index is 0.0300. The van der Waals surface area contributed by atoms with Crippen molar-refractivity contribution in [2.45, 2.75) is 75.1 Å². The monoisotopic (exact) mass is 498 g/mol. The highest BCUT2D eigenvalue weighted by atomic mass is 35.5. The summed E-state index contributed by atoms with van der Waals surface area (Å²) < 4.78 is 6.94. The highest BCUT2D eigenvalue weighted by Gasteiger charge is 2.49. The van der Waals surface area contributed by atoms with E-state index in [1.165, 1.54) is 29.6 Å². The van der Waals surface area contributed by atoms with Crippen LogP contribution < -0.4 is 10.4 Å². The Morgan fingerprint density at radius 3 is 1.71 bits per heavy atom. The minimum atomic E-state index is -2.40. The first-order valence-corrected chi connectivity index (χ1v) is 14.7. The number of unbranched alkanes of at least 4 members (excludes halogenated alkanes) is 4. The lowest BCUT2D eigenvalue weighted by Gasteiger charge is -2.43. The molecule has 0 heterocycles. The van der Waals surface area contributed by atoms with E-state index in [1.807, 2.05) is 0 Å². The van der Waals surface area contributed by atoms with Crippen molar-refractivity contribution in [1.82, 2.24) is 0 Å². The SMILES string of the molecule is CC(C)(C)[Si](OCCCCCCC[C@@H](Cl)[C@@H](Cl)CCl)(c1ccccc1)c1ccccc1. The van der Waals surface area contributed by atoms with Crippen LogP contribution in [0, 0.1) is 0 Å². The summed E-state index contributed by atoms with van der Waals surface area (Å²) in [6, 6.07) is 21.7. The van der Waals surface area contributed by atoms with E-state index < -0.39 is 8.32 Å². The Balaban J connectivity index is 1.96. The Morgan fingerprint density at radius 2 is 1.23 bits per heavy atom. The van der Waals surface area contributed by atoms with E-state index in [1.54, 1.807) is 0 Å². The maximum Gasteiger partial charge on any atom is 0.261 e. The summed E-state index contributed by atoms with van der Waals surface area (Å²) in [7, 11) is -2.40. The molecule has 0 spiro atoms. The zero-order chi connectivity index (χ0) is 22.7. The molecule has 2 rings (SSSR count). The lowest BCUT2D eigenvalue weighted by molar-refractivity contribution is 0.286. The molecule has 0 bridgehead atoms. The lowest BCUT2D eigenvalue weighted by atomic mass is 10.1. The summed E-state index contributed by atoms with van der Waals surface area (Å²) in [6.45, 7) is 7.77. The average Bonchev–Trinajstić information content (AvgIpc) is 2.77. The number of halogens is 3. The summed E-state index contributed by atoms with van der Waals surface area (Å²) >= 11 is 18.1. The predicted octanol–water partition coefficient (Wildman–Crippen LogP) is 7.36. The molecule has 31 heavy (non-hydrogen) atoms. The van der Waals surface area contributed by atoms with E-state index in [0.29, 0.717) is 5.88 Å². The quantitative estimate of drug-likeness (QED) is 0.159. The molecule has 0 N–H and O–H groups in total. The lowest BCUT2D eigenvalue weighted by Crippen LogP contribution is -2.66. The summed E-state index contributed by atoms with van der Waals surface area (Å²) in [4.78, 5) is 0. The first-order chi connectivity index (χ1) is 14.8. The predicted molar refractivity (Wildman–Crippen MR) is 141 cm³/mol. The molecule has 0 radical (unpaired) electrons. The highest BCUT2D eigenvalue weighted by Crippen LogP contribution is 2.36. The van der Waals surface area contributed by atoms with Crippen LogP contribution >= 0.6 is 34.8 Å². The van der Waals surface area contributed by atoms with Crippen LogP contribution in [0.15, 0.2) is 60.7 Å². The fourth-order valence-corrected chi connectivity index (χ4v) is 9.52. The van der Waals surface area contributed by atoms with Crippen LogP contribution in [-0.4, -0.2) is 31.6 Å². The zero-order valence-corrected chi connectivity index (χ0v) is 22.4. The molecule has 172 valence electrons. The smallest absolute Gasteiger partial charge is 0.261 e. The third-order valence-corrected chi connectivity index (χ3v) is 12.5. The Labute approximate surface area is 205 Å². The van der Waals surface area contributed by atoms with E-state index in [9.17, 15) is 0 Å². The van der Waals surface area contributed by atoms with Crippen LogP contribution in [0.1, 0.15) is 59.3 Å². The molecule has 2 aromatic carbocycles. The molecule has 0 unspecified atom stereocenters. The molecule has 0 aliphatic rings. The van der Waals surface area contributed by atoms with Crippen LogP contribution in [-0.2, 0) is 4.43 Å². The van der Waals surface area contributed by atoms with Crippen LogP contribution in [0.4, 0.5) is 0 Å². The Kier molecular flexibility index (Phi) is 11.4. The van der Waals surface area contributed by atoms with Crippen LogP contribution in [0.25, 0.3) is 0 Å². The second-order valence-corrected chi connectivity index (χ2v) is 15.0. The molecule has 1 nitrogen and oxygen atoms in total. The third-order valence-electron chi connectivity index (χ3n) is 5.90. The van der Waals surface area contributed by atoms with Crippen molar-refractivity contribution < 1.29 is 4.43 Å². The fourth-order valence-electron chi connectivity index (χ4n) is 4.24. The van der Waals surface area contributed by atoms with E-state index in [-0.39, 0.29) is 15.8 Å². The van der Waals surface area contributed by atoms with Crippen LogP contribution in [0.5, 0.6) is 0 Å². The van der Waals surface area contributed by atoms with Crippen molar-refractivity contribution in [2.24, 2.45) is 0 Å². The largest absolute Gasteiger partial charge is 0.407 e. The molecular formula is C26H37Cl3OSi. The molecular weight excluding hydrogens is 463 g/mol. The molecule has 0 aliphatic carbocycles. The van der Waals surface area contributed by atoms with Crippen molar-refractivity contribution in [2.75, 3.05) is 12.5 Å². The second kappa shape index (κ2) is 13.3. The van der Waals surface area contributed by atoms with Gasteiger partial charge in [0.15, 0.2) is 0 Å². The van der Waals surface area contributed by atoms with Gasteiger partial charge in [-0.2, -0.15) is 0 Å². The van der Waals surface area contributed by atoms with Gasteiger partial charge in [0.1, 0.15) is 0 Å². The third kappa shape index (κ3) is 7.50. The van der Waals surface area contributed by atoms with E-state index in [0.717, 1.165) is 25.9 Å². The van der Waals surface area contributed by atoms with E-state index in [2.05, 4.69) is 81.4 Å². The van der Waals surface area contributed by atoms with E-state index in [4.69, 9.17) is 39.2 Å². The Hall–Kier alpha value is -0.513. The minimum Gasteiger partial charge on any atom is -0.407 e. The molecule has 2 aromatic rings. The van der Waals surface area contributed by atoms with Crippen molar-refractivity contribution >= 4 is 53.5 Å². The topological polar surface area (TPSA) is 9.23 Å². The van der Waals surface area contributed by atoms with Crippen molar-refractivity contribution in [1.29, 1.82) is 0 Å². The number of alkyl halides is 3. The van der Waals surface area contributed by atoms with Gasteiger partial charge in [-0.3, -0.25) is 0 Å². The van der Waals surface area contributed by atoms with Crippen molar-refractivity contribution in [3.8, 4) is 0 Å². The van der Waals surface area contributed by atoms with Gasteiger partial charge in [-0.1, -0.05) is 107 Å². The summed E-state index contributed by atoms with van der Waals surface area (Å²) in [5.74, 6) is 0.412. The molecule has 0 saturated carbocycles. The molecule has 0 saturated heterocycles. The van der Waals surface area contributed by atoms with Gasteiger partial charge in [0.25, 0.3) is 8.32 Å². The van der Waals surface area contributed by atoms with Gasteiger partial charge in [-0.15, -0.1) is 34.8 Å². The Bertz CT molecular complexity index is 694. The highest BCUT2D eigenvalue weighted by molar-refractivity contribution is 6.99. The molecule has 0 fully saturated rings. The zero-order valence-electron chi connectivity index (χ0n) is 19.1. The van der Waals surface area contributed by atoms with Gasteiger partial charge in [-0.05, 0) is 28.3 Å². The second-order valence-electron chi connectivity index (χ2n) is 9.25. The number of hydrogen-bond acceptors (Lipinski definition) is 1. The first-order valence-electron chi connectivity index (χ1n) is 11.4. The molecule has 2 atom stereocenters. The van der Waals surface area contributed by atoms with Crippen LogP contribution in [0.2, 0.25) is 5.04 Å². The fraction of sp³-hybridized carbons (Fsp3) is 0.538. The molecule has 0 amide bonds. The standard InChI is InChI=1S/C26H37Cl3OSi/c1-26(2,3)31(22-15-9-7-10-16-22,23-17-11-8-12-18-23)30-20-14-6-4-5-13-19-24(28)25(29)21-27/h7-12,15-18,24-25H,4-6,13-14,19-21H2,1-3H3/t24-,25+/m1/s1. The van der Waals surface area contributed by atoms with Gasteiger partial charge in [-0.25, -0.2) is 0 Å². The number of benzene rings is 2. The van der Waals surface area contributed by atoms with Crippen molar-refractivity contribution in [3.63, 3.8) is 0 Å². The van der Waals surface area contributed by atoms with Gasteiger partial charge < -0.3 is 4.43 Å². The maximum atomic E-state index is 6.94. The number of hydrogen-bond donors (Lipinski definition) is 0. The van der Waals surface area contributed by atoms with Crippen LogP contribution in [0.3, 0.4) is 0 Å². The maximum absolute atomic E-state index is 6.94. The number of rotatable bonds is 13. The van der Waals surface area contributed by atoms with Gasteiger partial charge in [0.05, 0.1) is 10.8 Å². The van der Waals surface area contributed by atoms with Gasteiger partial charge in [0, 0.05) is 12.5 Å². The molecule has 5 heteroatoms. The molecule has 0 aromatic heterocycles. The van der Waals surface area contributed by atoms with Gasteiger partial charge in [0.2, 0.25) is 0 Å². The van der Waals surface area contributed by atoms with E-state index >= 15 is 0 Å². The summed E-state index contributed by atoms with van der Waals surface area (Å²) in [5, 5.41) is 2.56. The first kappa shape index (κ1) is 26.7. The summed E-state index contributed by atoms with van der Waals surface area (Å²) in [5.41, 5.74) is 0. The van der Waals surface area contributed by atoms with Crippen molar-refractivity contribution in [3.05, 3.63) is 60.7 Å². The average molecular weight is 500 g/mol. The Morgan fingerprint density at radius 1 is 0.742 bits per heavy atom. The van der Waals surface area contributed by atoms with Gasteiger partial charge >= 0.3 is 0 Å². The normalized spacial score (nSPS) is 14.4.